The lowest BCUT2D eigenvalue weighted by atomic mass is 10.2. The van der Waals surface area contributed by atoms with Gasteiger partial charge in [-0.3, -0.25) is 4.79 Å². The molecule has 0 fully saturated rings. The molecule has 3 rings (SSSR count). The third kappa shape index (κ3) is 3.80. The first-order chi connectivity index (χ1) is 11.4. The normalized spacial score (nSPS) is 16.6. The second kappa shape index (κ2) is 6.71. The summed E-state index contributed by atoms with van der Waals surface area (Å²) in [6.07, 6.45) is -0.461. The van der Waals surface area contributed by atoms with Gasteiger partial charge in [-0.15, -0.1) is 10.2 Å². The summed E-state index contributed by atoms with van der Waals surface area (Å²) in [5.41, 5.74) is 0. The number of hydrogen-bond acceptors (Lipinski definition) is 8. The number of anilines is 1. The molecule has 2 aromatic rings. The van der Waals surface area contributed by atoms with Crippen LogP contribution in [0, 0.1) is 0 Å². The first-order valence-corrected chi connectivity index (χ1v) is 9.23. The Bertz CT molecular complexity index is 852. The number of fused-ring (bicyclic) bond motifs is 1. The van der Waals surface area contributed by atoms with Crippen molar-refractivity contribution in [3.8, 4) is 11.5 Å². The molecule has 0 radical (unpaired) electrons. The molecular weight excluding hydrogens is 356 g/mol. The van der Waals surface area contributed by atoms with Crippen LogP contribution in [0.1, 0.15) is 6.92 Å². The van der Waals surface area contributed by atoms with Crippen LogP contribution >= 0.6 is 11.3 Å². The van der Waals surface area contributed by atoms with Crippen molar-refractivity contribution in [1.29, 1.82) is 0 Å². The van der Waals surface area contributed by atoms with Crippen LogP contribution in [0.15, 0.2) is 28.6 Å². The van der Waals surface area contributed by atoms with Crippen molar-refractivity contribution in [2.24, 2.45) is 0 Å². The molecule has 0 spiro atoms. The van der Waals surface area contributed by atoms with Gasteiger partial charge in [-0.05, 0) is 12.1 Å². The van der Waals surface area contributed by atoms with E-state index in [1.54, 1.807) is 18.2 Å². The number of carbonyl (C=O) groups excluding carboxylic acids is 1. The minimum Gasteiger partial charge on any atom is -0.486 e. The van der Waals surface area contributed by atoms with E-state index in [0.717, 1.165) is 11.3 Å². The number of ether oxygens (including phenoxy) is 2. The number of amides is 1. The monoisotopic (exact) mass is 370 g/mol. The van der Waals surface area contributed by atoms with Crippen molar-refractivity contribution in [2.45, 2.75) is 17.4 Å². The molecule has 2 heterocycles. The van der Waals surface area contributed by atoms with Gasteiger partial charge >= 0.3 is 0 Å². The Morgan fingerprint density at radius 2 is 2.08 bits per heavy atom. The van der Waals surface area contributed by atoms with Crippen molar-refractivity contribution in [1.82, 2.24) is 14.9 Å². The average Bonchev–Trinajstić information content (AvgIpc) is 3.01. The lowest BCUT2D eigenvalue weighted by Crippen LogP contribution is -2.40. The Morgan fingerprint density at radius 1 is 1.33 bits per heavy atom. The van der Waals surface area contributed by atoms with E-state index in [-0.39, 0.29) is 28.5 Å². The van der Waals surface area contributed by atoms with Crippen LogP contribution in [-0.2, 0) is 14.8 Å². The van der Waals surface area contributed by atoms with Gasteiger partial charge in [0.1, 0.15) is 12.7 Å². The SMILES string of the molecule is CC(=O)Nc1nnc(S(=O)(=O)NC[C@@H]2COc3ccccc3O2)s1. The van der Waals surface area contributed by atoms with E-state index >= 15 is 0 Å². The first-order valence-electron chi connectivity index (χ1n) is 6.93. The van der Waals surface area contributed by atoms with E-state index in [1.807, 2.05) is 6.07 Å². The zero-order valence-electron chi connectivity index (χ0n) is 12.6. The van der Waals surface area contributed by atoms with E-state index in [9.17, 15) is 13.2 Å². The maximum atomic E-state index is 12.2. The standard InChI is InChI=1S/C13H14N4O5S2/c1-8(18)15-12-16-17-13(23-12)24(19,20)14-6-9-7-21-10-4-2-3-5-11(10)22-9/h2-5,9,14H,6-7H2,1H3,(H,15,16,18)/t9-/m1/s1. The second-order valence-corrected chi connectivity index (χ2v) is 7.82. The summed E-state index contributed by atoms with van der Waals surface area (Å²) < 4.78 is 37.8. The highest BCUT2D eigenvalue weighted by Gasteiger charge is 2.25. The molecule has 0 saturated carbocycles. The van der Waals surface area contributed by atoms with Crippen LogP contribution in [-0.4, -0.2) is 43.8 Å². The fourth-order valence-corrected chi connectivity index (χ4v) is 4.00. The Kier molecular flexibility index (Phi) is 4.64. The predicted octanol–water partition coefficient (Wildman–Crippen LogP) is 0.615. The van der Waals surface area contributed by atoms with Crippen molar-refractivity contribution in [2.75, 3.05) is 18.5 Å². The Hall–Kier alpha value is -2.24. The summed E-state index contributed by atoms with van der Waals surface area (Å²) in [6, 6.07) is 7.16. The van der Waals surface area contributed by atoms with E-state index in [1.165, 1.54) is 6.92 Å². The van der Waals surface area contributed by atoms with Crippen molar-refractivity contribution in [3.63, 3.8) is 0 Å². The van der Waals surface area contributed by atoms with Crippen molar-refractivity contribution >= 4 is 32.4 Å². The molecule has 9 nitrogen and oxygen atoms in total. The lowest BCUT2D eigenvalue weighted by Gasteiger charge is -2.26. The Labute approximate surface area is 142 Å². The van der Waals surface area contributed by atoms with E-state index < -0.39 is 16.1 Å². The smallest absolute Gasteiger partial charge is 0.269 e. The Balaban J connectivity index is 1.61. The maximum absolute atomic E-state index is 12.2. The molecule has 1 aliphatic rings. The molecule has 0 saturated heterocycles. The van der Waals surface area contributed by atoms with Gasteiger partial charge in [-0.25, -0.2) is 13.1 Å². The number of nitrogens with zero attached hydrogens (tertiary/aromatic N) is 2. The van der Waals surface area contributed by atoms with Gasteiger partial charge in [-0.1, -0.05) is 23.5 Å². The number of rotatable bonds is 5. The summed E-state index contributed by atoms with van der Waals surface area (Å²) in [4.78, 5) is 10.9. The molecule has 1 atom stereocenters. The molecule has 1 aliphatic heterocycles. The van der Waals surface area contributed by atoms with Crippen LogP contribution in [0.2, 0.25) is 0 Å². The summed E-state index contributed by atoms with van der Waals surface area (Å²) >= 11 is 0.767. The zero-order valence-corrected chi connectivity index (χ0v) is 14.2. The summed E-state index contributed by atoms with van der Waals surface area (Å²) in [6.45, 7) is 1.55. The number of benzene rings is 1. The van der Waals surface area contributed by atoms with E-state index in [4.69, 9.17) is 9.47 Å². The van der Waals surface area contributed by atoms with Gasteiger partial charge in [0.25, 0.3) is 10.0 Å². The molecule has 0 unspecified atom stereocenters. The number of nitrogens with one attached hydrogen (secondary N) is 2. The number of hydrogen-bond donors (Lipinski definition) is 2. The molecule has 11 heteroatoms. The van der Waals surface area contributed by atoms with Crippen molar-refractivity contribution < 1.29 is 22.7 Å². The number of sulfonamides is 1. The van der Waals surface area contributed by atoms with Gasteiger partial charge in [-0.2, -0.15) is 0 Å². The number of carbonyl (C=O) groups is 1. The highest BCUT2D eigenvalue weighted by atomic mass is 32.2. The first kappa shape index (κ1) is 16.6. The van der Waals surface area contributed by atoms with Gasteiger partial charge < -0.3 is 14.8 Å². The molecule has 24 heavy (non-hydrogen) atoms. The Morgan fingerprint density at radius 3 is 2.83 bits per heavy atom. The molecule has 0 bridgehead atoms. The fraction of sp³-hybridized carbons (Fsp3) is 0.308. The molecule has 0 aliphatic carbocycles. The zero-order chi connectivity index (χ0) is 17.2. The molecular formula is C13H14N4O5S2. The van der Waals surface area contributed by atoms with Crippen LogP contribution in [0.4, 0.5) is 5.13 Å². The molecule has 1 aromatic heterocycles. The van der Waals surface area contributed by atoms with Crippen LogP contribution in [0.3, 0.4) is 0 Å². The molecule has 1 aromatic carbocycles. The average molecular weight is 370 g/mol. The topological polar surface area (TPSA) is 120 Å². The highest BCUT2D eigenvalue weighted by Crippen LogP contribution is 2.30. The number of aromatic nitrogens is 2. The van der Waals surface area contributed by atoms with E-state index in [2.05, 4.69) is 20.2 Å². The van der Waals surface area contributed by atoms with Gasteiger partial charge in [0.15, 0.2) is 11.5 Å². The largest absolute Gasteiger partial charge is 0.486 e. The predicted molar refractivity (Wildman–Crippen MR) is 85.8 cm³/mol. The molecule has 2 N–H and O–H groups in total. The van der Waals surface area contributed by atoms with Crippen LogP contribution in [0.5, 0.6) is 11.5 Å². The number of para-hydroxylation sites is 2. The molecule has 1 amide bonds. The highest BCUT2D eigenvalue weighted by molar-refractivity contribution is 7.91. The quantitative estimate of drug-likeness (QED) is 0.740. The fourth-order valence-electron chi connectivity index (χ4n) is 1.95. The minimum atomic E-state index is -3.84. The third-order valence-corrected chi connectivity index (χ3v) is 5.62. The summed E-state index contributed by atoms with van der Waals surface area (Å²) in [5.74, 6) is 0.840. The van der Waals surface area contributed by atoms with Crippen LogP contribution in [0.25, 0.3) is 0 Å². The van der Waals surface area contributed by atoms with Gasteiger partial charge in [0.2, 0.25) is 15.4 Å². The van der Waals surface area contributed by atoms with E-state index in [0.29, 0.717) is 11.5 Å². The maximum Gasteiger partial charge on any atom is 0.269 e. The van der Waals surface area contributed by atoms with Crippen molar-refractivity contribution in [3.05, 3.63) is 24.3 Å². The molecule has 128 valence electrons. The van der Waals surface area contributed by atoms with Gasteiger partial charge in [0, 0.05) is 6.92 Å². The van der Waals surface area contributed by atoms with Crippen LogP contribution < -0.4 is 19.5 Å². The lowest BCUT2D eigenvalue weighted by molar-refractivity contribution is -0.114. The van der Waals surface area contributed by atoms with Gasteiger partial charge in [0.05, 0.1) is 6.54 Å². The summed E-state index contributed by atoms with van der Waals surface area (Å²) in [5, 5.41) is 9.68. The second-order valence-electron chi connectivity index (χ2n) is 4.90. The minimum absolute atomic E-state index is 0.0196. The summed E-state index contributed by atoms with van der Waals surface area (Å²) in [7, 11) is -3.84. The third-order valence-electron chi connectivity index (χ3n) is 2.99.